The third-order valence-corrected chi connectivity index (χ3v) is 2.86. The maximum atomic E-state index is 4.52. The van der Waals surface area contributed by atoms with E-state index < -0.39 is 0 Å². The smallest absolute Gasteiger partial charge is 0.0983 e. The summed E-state index contributed by atoms with van der Waals surface area (Å²) < 4.78 is 1.84. The second kappa shape index (κ2) is 7.40. The van der Waals surface area contributed by atoms with E-state index in [0.717, 1.165) is 24.3 Å². The molecular weight excluding hydrogens is 248 g/mol. The summed E-state index contributed by atoms with van der Waals surface area (Å²) in [6.07, 6.45) is 13.8. The Morgan fingerprint density at radius 1 is 1.35 bits per heavy atom. The Morgan fingerprint density at radius 3 is 3.00 bits per heavy atom. The van der Waals surface area contributed by atoms with Crippen LogP contribution in [0.3, 0.4) is 0 Å². The highest BCUT2D eigenvalue weighted by Gasteiger charge is 2.09. The molecule has 20 heavy (non-hydrogen) atoms. The zero-order chi connectivity index (χ0) is 14.2. The van der Waals surface area contributed by atoms with Gasteiger partial charge in [-0.2, -0.15) is 5.10 Å². The average molecular weight is 268 g/mol. The molecule has 0 aliphatic heterocycles. The van der Waals surface area contributed by atoms with Crippen molar-refractivity contribution in [3.63, 3.8) is 0 Å². The molecule has 0 aliphatic carbocycles. The van der Waals surface area contributed by atoms with Crippen LogP contribution in [0.5, 0.6) is 0 Å². The first-order valence-electron chi connectivity index (χ1n) is 6.72. The Morgan fingerprint density at radius 2 is 2.25 bits per heavy atom. The van der Waals surface area contributed by atoms with Crippen molar-refractivity contribution in [2.75, 3.05) is 6.54 Å². The summed E-state index contributed by atoms with van der Waals surface area (Å²) in [7, 11) is 1.94. The lowest BCUT2D eigenvalue weighted by Crippen LogP contribution is -2.12. The Bertz CT molecular complexity index is 582. The molecule has 2 rings (SSSR count). The lowest BCUT2D eigenvalue weighted by Gasteiger charge is -2.02. The topological polar surface area (TPSA) is 42.7 Å². The lowest BCUT2D eigenvalue weighted by atomic mass is 10.1. The van der Waals surface area contributed by atoms with Gasteiger partial charge < -0.3 is 5.32 Å². The fraction of sp³-hybridized carbons (Fsp3) is 0.250. The van der Waals surface area contributed by atoms with E-state index in [0.29, 0.717) is 0 Å². The number of rotatable bonds is 6. The summed E-state index contributed by atoms with van der Waals surface area (Å²) in [6.45, 7) is 3.64. The summed E-state index contributed by atoms with van der Waals surface area (Å²) in [5.74, 6) is 0. The van der Waals surface area contributed by atoms with E-state index in [4.69, 9.17) is 0 Å². The van der Waals surface area contributed by atoms with Crippen LogP contribution in [0.2, 0.25) is 0 Å². The van der Waals surface area contributed by atoms with Crippen LogP contribution in [0.15, 0.2) is 55.0 Å². The quantitative estimate of drug-likeness (QED) is 0.647. The molecule has 0 atom stereocenters. The molecule has 0 saturated carbocycles. The van der Waals surface area contributed by atoms with Crippen LogP contribution in [0.1, 0.15) is 12.5 Å². The van der Waals surface area contributed by atoms with Gasteiger partial charge in [0.1, 0.15) is 0 Å². The fourth-order valence-electron chi connectivity index (χ4n) is 1.96. The minimum atomic E-state index is 0.790. The van der Waals surface area contributed by atoms with Gasteiger partial charge >= 0.3 is 0 Å². The van der Waals surface area contributed by atoms with Crippen molar-refractivity contribution in [1.29, 1.82) is 0 Å². The van der Waals surface area contributed by atoms with Crippen molar-refractivity contribution in [1.82, 2.24) is 20.1 Å². The molecule has 0 spiro atoms. The van der Waals surface area contributed by atoms with E-state index in [-0.39, 0.29) is 0 Å². The first-order valence-corrected chi connectivity index (χ1v) is 6.72. The average Bonchev–Trinajstić information content (AvgIpc) is 2.85. The van der Waals surface area contributed by atoms with Crippen LogP contribution < -0.4 is 5.32 Å². The van der Waals surface area contributed by atoms with Crippen LogP contribution in [0.4, 0.5) is 0 Å². The first-order chi connectivity index (χ1) is 9.81. The minimum absolute atomic E-state index is 0.790. The third-order valence-electron chi connectivity index (χ3n) is 2.86. The Kier molecular flexibility index (Phi) is 5.26. The third kappa shape index (κ3) is 3.90. The largest absolute Gasteiger partial charge is 0.309 e. The molecule has 0 fully saturated rings. The molecule has 0 amide bonds. The van der Waals surface area contributed by atoms with Crippen LogP contribution in [0, 0.1) is 0 Å². The number of hydrogen-bond acceptors (Lipinski definition) is 3. The number of nitrogens with zero attached hydrogens (tertiary/aromatic N) is 3. The molecule has 0 saturated heterocycles. The van der Waals surface area contributed by atoms with Gasteiger partial charge in [0.05, 0.1) is 5.69 Å². The van der Waals surface area contributed by atoms with Gasteiger partial charge in [0, 0.05) is 49.9 Å². The Balaban J connectivity index is 2.02. The molecule has 104 valence electrons. The summed E-state index contributed by atoms with van der Waals surface area (Å²) in [5.41, 5.74) is 3.22. The van der Waals surface area contributed by atoms with Crippen molar-refractivity contribution in [3.05, 3.63) is 60.6 Å². The van der Waals surface area contributed by atoms with Gasteiger partial charge in [-0.25, -0.2) is 0 Å². The second-order valence-corrected chi connectivity index (χ2v) is 4.50. The molecule has 0 aromatic carbocycles. The molecule has 0 bridgehead atoms. The van der Waals surface area contributed by atoms with Crippen molar-refractivity contribution < 1.29 is 0 Å². The van der Waals surface area contributed by atoms with Crippen LogP contribution >= 0.6 is 0 Å². The van der Waals surface area contributed by atoms with Crippen LogP contribution in [-0.4, -0.2) is 21.3 Å². The van der Waals surface area contributed by atoms with Crippen molar-refractivity contribution in [3.8, 4) is 11.3 Å². The van der Waals surface area contributed by atoms with Gasteiger partial charge in [-0.1, -0.05) is 24.3 Å². The van der Waals surface area contributed by atoms with E-state index in [2.05, 4.69) is 21.5 Å². The van der Waals surface area contributed by atoms with E-state index >= 15 is 0 Å². The number of hydrogen-bond donors (Lipinski definition) is 1. The first kappa shape index (κ1) is 14.2. The van der Waals surface area contributed by atoms with E-state index in [1.54, 1.807) is 6.20 Å². The molecule has 0 radical (unpaired) electrons. The van der Waals surface area contributed by atoms with Crippen LogP contribution in [0.25, 0.3) is 11.3 Å². The second-order valence-electron chi connectivity index (χ2n) is 4.50. The molecule has 2 aromatic heterocycles. The van der Waals surface area contributed by atoms with Gasteiger partial charge in [-0.15, -0.1) is 0 Å². The number of aromatic nitrogens is 3. The van der Waals surface area contributed by atoms with Crippen molar-refractivity contribution in [2.24, 2.45) is 7.05 Å². The Hall–Kier alpha value is -2.20. The predicted molar refractivity (Wildman–Crippen MR) is 82.1 cm³/mol. The summed E-state index contributed by atoms with van der Waals surface area (Å²) >= 11 is 0. The van der Waals surface area contributed by atoms with Gasteiger partial charge in [0.15, 0.2) is 0 Å². The van der Waals surface area contributed by atoms with Crippen molar-refractivity contribution in [2.45, 2.75) is 13.5 Å². The molecule has 4 nitrogen and oxygen atoms in total. The van der Waals surface area contributed by atoms with Gasteiger partial charge in [-0.05, 0) is 19.1 Å². The van der Waals surface area contributed by atoms with E-state index in [1.165, 1.54) is 5.56 Å². The summed E-state index contributed by atoms with van der Waals surface area (Å²) in [6, 6.07) is 3.96. The van der Waals surface area contributed by atoms with Gasteiger partial charge in [0.2, 0.25) is 0 Å². The highest BCUT2D eigenvalue weighted by molar-refractivity contribution is 5.61. The number of allylic oxidation sites excluding steroid dienone is 3. The van der Waals surface area contributed by atoms with Gasteiger partial charge in [0.25, 0.3) is 0 Å². The number of pyridine rings is 1. The minimum Gasteiger partial charge on any atom is -0.309 e. The molecule has 0 unspecified atom stereocenters. The predicted octanol–water partition coefficient (Wildman–Crippen LogP) is 2.70. The maximum absolute atomic E-state index is 4.52. The van der Waals surface area contributed by atoms with E-state index in [9.17, 15) is 0 Å². The zero-order valence-electron chi connectivity index (χ0n) is 12.0. The molecule has 2 heterocycles. The Labute approximate surface area is 119 Å². The highest BCUT2D eigenvalue weighted by atomic mass is 15.3. The summed E-state index contributed by atoms with van der Waals surface area (Å²) in [4.78, 5) is 4.15. The van der Waals surface area contributed by atoms with Crippen molar-refractivity contribution >= 4 is 0 Å². The summed E-state index contributed by atoms with van der Waals surface area (Å²) in [5, 5.41) is 7.91. The molecule has 2 aromatic rings. The van der Waals surface area contributed by atoms with Gasteiger partial charge in [-0.3, -0.25) is 9.67 Å². The zero-order valence-corrected chi connectivity index (χ0v) is 12.0. The molecule has 4 heteroatoms. The monoisotopic (exact) mass is 268 g/mol. The molecule has 1 N–H and O–H groups in total. The molecule has 0 aliphatic rings. The fourth-order valence-corrected chi connectivity index (χ4v) is 1.96. The number of nitrogens with one attached hydrogen (secondary N) is 1. The highest BCUT2D eigenvalue weighted by Crippen LogP contribution is 2.20. The molecular formula is C16H20N4. The maximum Gasteiger partial charge on any atom is 0.0983 e. The standard InChI is InChI=1S/C16H20N4/c1-3-4-5-6-9-17-12-15-13-20(2)19-16(15)14-8-7-10-18-11-14/h3-8,10-11,13,17H,9,12H2,1-2H3/b4-3+,6-5+. The normalized spacial score (nSPS) is 11.7. The lowest BCUT2D eigenvalue weighted by molar-refractivity contribution is 0.750. The van der Waals surface area contributed by atoms with Crippen LogP contribution in [-0.2, 0) is 13.6 Å². The SMILES string of the molecule is C/C=C/C=C/CNCc1cn(C)nc1-c1cccnc1. The van der Waals surface area contributed by atoms with E-state index in [1.807, 2.05) is 61.4 Å². The number of aryl methyl sites for hydroxylation is 1.